The number of hydrogen-bond donors (Lipinski definition) is 0. The van der Waals surface area contributed by atoms with Gasteiger partial charge in [0.25, 0.3) is 0 Å². The normalized spacial score (nSPS) is 30.1. The molecule has 154 valence electrons. The summed E-state index contributed by atoms with van der Waals surface area (Å²) in [7, 11) is 1.59. The molecule has 4 aliphatic rings. The third kappa shape index (κ3) is 1.96. The Labute approximate surface area is 181 Å². The largest absolute Gasteiger partial charge is 0.497 e. The molecule has 1 heterocycles. The van der Waals surface area contributed by atoms with Gasteiger partial charge in [0.2, 0.25) is 11.8 Å². The van der Waals surface area contributed by atoms with Gasteiger partial charge < -0.3 is 4.74 Å². The van der Waals surface area contributed by atoms with Crippen LogP contribution in [0.25, 0.3) is 0 Å². The van der Waals surface area contributed by atoms with Gasteiger partial charge in [-0.2, -0.15) is 0 Å². The van der Waals surface area contributed by atoms with Crippen molar-refractivity contribution in [3.63, 3.8) is 0 Å². The lowest BCUT2D eigenvalue weighted by atomic mass is 9.42. The monoisotopic (exact) mass is 409 g/mol. The van der Waals surface area contributed by atoms with Crippen LogP contribution in [0.3, 0.4) is 0 Å². The Kier molecular flexibility index (Phi) is 3.47. The highest BCUT2D eigenvalue weighted by atomic mass is 16.5. The van der Waals surface area contributed by atoms with E-state index >= 15 is 0 Å². The molecule has 1 saturated heterocycles. The van der Waals surface area contributed by atoms with Crippen molar-refractivity contribution in [2.45, 2.75) is 24.7 Å². The number of rotatable bonds is 2. The van der Waals surface area contributed by atoms with Crippen LogP contribution in [0, 0.1) is 11.8 Å². The van der Waals surface area contributed by atoms with Crippen LogP contribution in [-0.2, 0) is 20.4 Å². The first-order chi connectivity index (χ1) is 14.9. The summed E-state index contributed by atoms with van der Waals surface area (Å²) in [6.45, 7) is 4.28. The zero-order chi connectivity index (χ0) is 21.5. The fourth-order valence-corrected chi connectivity index (χ4v) is 6.57. The van der Waals surface area contributed by atoms with Crippen molar-refractivity contribution in [2.24, 2.45) is 11.8 Å². The fraction of sp³-hybridized carbons (Fsp3) is 0.259. The van der Waals surface area contributed by atoms with Crippen molar-refractivity contribution in [2.75, 3.05) is 12.0 Å². The van der Waals surface area contributed by atoms with E-state index in [4.69, 9.17) is 4.74 Å². The highest BCUT2D eigenvalue weighted by Gasteiger charge is 2.70. The number of amides is 2. The van der Waals surface area contributed by atoms with Gasteiger partial charge in [0, 0.05) is 16.9 Å². The van der Waals surface area contributed by atoms with E-state index in [2.05, 4.69) is 38.1 Å². The predicted octanol–water partition coefficient (Wildman–Crippen LogP) is 4.44. The van der Waals surface area contributed by atoms with Gasteiger partial charge in [-0.15, -0.1) is 0 Å². The molecule has 3 aliphatic carbocycles. The second kappa shape index (κ2) is 5.85. The molecular formula is C27H23NO3. The third-order valence-corrected chi connectivity index (χ3v) is 7.95. The Balaban J connectivity index is 1.64. The quantitative estimate of drug-likeness (QED) is 0.588. The minimum absolute atomic E-state index is 0.124. The van der Waals surface area contributed by atoms with Crippen molar-refractivity contribution >= 4 is 17.5 Å². The van der Waals surface area contributed by atoms with Crippen molar-refractivity contribution in [3.8, 4) is 5.75 Å². The van der Waals surface area contributed by atoms with Gasteiger partial charge in [-0.1, -0.05) is 68.4 Å². The van der Waals surface area contributed by atoms with Crippen LogP contribution >= 0.6 is 0 Å². The standard InChI is InChI=1S/C27H23NO3/c1-26-18-11-4-6-13-20(18)27(2,21-14-7-5-12-19(21)26)23-22(26)24(29)28(25(23)30)16-9-8-10-17(15-16)31-3/h4-15,22-23H,1-3H3. The lowest BCUT2D eigenvalue weighted by Crippen LogP contribution is -2.59. The van der Waals surface area contributed by atoms with E-state index in [1.165, 1.54) is 4.90 Å². The number of carbonyl (C=O) groups excluding carboxylic acids is 2. The van der Waals surface area contributed by atoms with Gasteiger partial charge in [0.1, 0.15) is 5.75 Å². The molecule has 1 aliphatic heterocycles. The molecule has 0 saturated carbocycles. The lowest BCUT2D eigenvalue weighted by Gasteiger charge is -2.57. The Bertz CT molecular complexity index is 1160. The molecule has 0 radical (unpaired) electrons. The van der Waals surface area contributed by atoms with E-state index in [9.17, 15) is 9.59 Å². The van der Waals surface area contributed by atoms with Crippen LogP contribution < -0.4 is 9.64 Å². The Hall–Kier alpha value is -3.40. The number of benzene rings is 3. The molecule has 4 nitrogen and oxygen atoms in total. The Morgan fingerprint density at radius 1 is 0.710 bits per heavy atom. The molecule has 3 aromatic carbocycles. The minimum atomic E-state index is -0.560. The molecule has 2 amide bonds. The summed E-state index contributed by atoms with van der Waals surface area (Å²) in [5.41, 5.74) is 4.09. The smallest absolute Gasteiger partial charge is 0.238 e. The van der Waals surface area contributed by atoms with Crippen LogP contribution in [0.2, 0.25) is 0 Å². The maximum absolute atomic E-state index is 14.0. The van der Waals surface area contributed by atoms with Gasteiger partial charge in [0.15, 0.2) is 0 Å². The molecule has 2 bridgehead atoms. The summed E-state index contributed by atoms with van der Waals surface area (Å²) < 4.78 is 5.35. The van der Waals surface area contributed by atoms with Crippen LogP contribution in [0.5, 0.6) is 5.75 Å². The molecule has 0 aromatic heterocycles. The number of ether oxygens (including phenoxy) is 1. The van der Waals surface area contributed by atoms with Crippen molar-refractivity contribution in [3.05, 3.63) is 95.1 Å². The Morgan fingerprint density at radius 3 is 1.58 bits per heavy atom. The van der Waals surface area contributed by atoms with Gasteiger partial charge in [-0.25, -0.2) is 4.90 Å². The van der Waals surface area contributed by atoms with Crippen LogP contribution in [0.15, 0.2) is 72.8 Å². The van der Waals surface area contributed by atoms with Crippen molar-refractivity contribution < 1.29 is 14.3 Å². The van der Waals surface area contributed by atoms with Gasteiger partial charge in [-0.3, -0.25) is 9.59 Å². The number of hydrogen-bond acceptors (Lipinski definition) is 3. The van der Waals surface area contributed by atoms with Crippen LogP contribution in [0.4, 0.5) is 5.69 Å². The van der Waals surface area contributed by atoms with E-state index in [-0.39, 0.29) is 11.8 Å². The molecule has 4 heteroatoms. The molecular weight excluding hydrogens is 386 g/mol. The topological polar surface area (TPSA) is 46.6 Å². The average Bonchev–Trinajstić information content (AvgIpc) is 3.08. The molecule has 2 atom stereocenters. The minimum Gasteiger partial charge on any atom is -0.497 e. The van der Waals surface area contributed by atoms with E-state index in [1.807, 2.05) is 42.5 Å². The molecule has 7 rings (SSSR count). The van der Waals surface area contributed by atoms with Crippen molar-refractivity contribution in [1.29, 1.82) is 0 Å². The summed E-state index contributed by atoms with van der Waals surface area (Å²) in [6.07, 6.45) is 0. The number of nitrogens with zero attached hydrogens (tertiary/aromatic N) is 1. The number of anilines is 1. The highest BCUT2D eigenvalue weighted by Crippen LogP contribution is 2.66. The first-order valence-corrected chi connectivity index (χ1v) is 10.7. The zero-order valence-corrected chi connectivity index (χ0v) is 17.8. The number of imide groups is 1. The second-order valence-corrected chi connectivity index (χ2v) is 9.16. The molecule has 1 fully saturated rings. The molecule has 31 heavy (non-hydrogen) atoms. The van der Waals surface area contributed by atoms with E-state index in [1.54, 1.807) is 13.2 Å². The van der Waals surface area contributed by atoms with Crippen molar-refractivity contribution in [1.82, 2.24) is 0 Å². The average molecular weight is 409 g/mol. The summed E-state index contributed by atoms with van der Waals surface area (Å²) in [5, 5.41) is 0. The third-order valence-electron chi connectivity index (χ3n) is 7.95. The lowest BCUT2D eigenvalue weighted by molar-refractivity contribution is -0.124. The number of carbonyl (C=O) groups is 2. The van der Waals surface area contributed by atoms with Gasteiger partial charge in [-0.05, 0) is 34.4 Å². The van der Waals surface area contributed by atoms with E-state index in [0.717, 1.165) is 22.3 Å². The SMILES string of the molecule is COc1cccc(N2C(=O)C3C(C2=O)C2(C)c4ccccc4C3(C)c3ccccc32)c1. The van der Waals surface area contributed by atoms with Gasteiger partial charge >= 0.3 is 0 Å². The Morgan fingerprint density at radius 2 is 1.16 bits per heavy atom. The first-order valence-electron chi connectivity index (χ1n) is 10.7. The molecule has 0 N–H and O–H groups in total. The second-order valence-electron chi connectivity index (χ2n) is 9.16. The van der Waals surface area contributed by atoms with Crippen LogP contribution in [-0.4, -0.2) is 18.9 Å². The van der Waals surface area contributed by atoms with E-state index < -0.39 is 22.7 Å². The van der Waals surface area contributed by atoms with Gasteiger partial charge in [0.05, 0.1) is 24.6 Å². The highest BCUT2D eigenvalue weighted by molar-refractivity contribution is 6.24. The maximum Gasteiger partial charge on any atom is 0.238 e. The molecule has 2 unspecified atom stereocenters. The maximum atomic E-state index is 14.0. The van der Waals surface area contributed by atoms with E-state index in [0.29, 0.717) is 11.4 Å². The first kappa shape index (κ1) is 18.4. The molecule has 0 spiro atoms. The summed E-state index contributed by atoms with van der Waals surface area (Å²) in [4.78, 5) is 29.3. The van der Waals surface area contributed by atoms with Crippen LogP contribution in [0.1, 0.15) is 36.1 Å². The molecule has 3 aromatic rings. The summed E-state index contributed by atoms with van der Waals surface area (Å²) in [5.74, 6) is -0.510. The predicted molar refractivity (Wildman–Crippen MR) is 118 cm³/mol. The summed E-state index contributed by atoms with van der Waals surface area (Å²) in [6, 6.07) is 23.9. The fourth-order valence-electron chi connectivity index (χ4n) is 6.57. The number of methoxy groups -OCH3 is 1. The summed E-state index contributed by atoms with van der Waals surface area (Å²) >= 11 is 0. The zero-order valence-electron chi connectivity index (χ0n) is 17.8.